The molecule has 0 aliphatic carbocycles. The van der Waals surface area contributed by atoms with Gasteiger partial charge in [-0.1, -0.05) is 0 Å². The topological polar surface area (TPSA) is 46.0 Å². The first kappa shape index (κ1) is 11.2. The van der Waals surface area contributed by atoms with E-state index in [2.05, 4.69) is 27.2 Å². The highest BCUT2D eigenvalue weighted by atomic mass is 15.3. The molecule has 0 spiro atoms. The van der Waals surface area contributed by atoms with E-state index in [0.717, 1.165) is 24.8 Å². The first-order valence-electron chi connectivity index (χ1n) is 6.69. The van der Waals surface area contributed by atoms with Gasteiger partial charge in [-0.15, -0.1) is 0 Å². The molecule has 0 saturated carbocycles. The highest BCUT2D eigenvalue weighted by Gasteiger charge is 2.33. The van der Waals surface area contributed by atoms with Gasteiger partial charge in [-0.3, -0.25) is 0 Å². The molecule has 3 saturated heterocycles. The summed E-state index contributed by atoms with van der Waals surface area (Å²) in [7, 11) is 0. The summed E-state index contributed by atoms with van der Waals surface area (Å²) in [5.74, 6) is 1.93. The molecule has 17 heavy (non-hydrogen) atoms. The molecule has 0 radical (unpaired) electrons. The fourth-order valence-electron chi connectivity index (χ4n) is 3.11. The zero-order valence-corrected chi connectivity index (χ0v) is 10.5. The Morgan fingerprint density at radius 1 is 1.41 bits per heavy atom. The highest BCUT2D eigenvalue weighted by Crippen LogP contribution is 2.27. The zero-order chi connectivity index (χ0) is 11.7. The van der Waals surface area contributed by atoms with Crippen LogP contribution in [0.4, 0.5) is 0 Å². The van der Waals surface area contributed by atoms with Gasteiger partial charge in [0.15, 0.2) is 0 Å². The van der Waals surface area contributed by atoms with Crippen LogP contribution in [0.15, 0.2) is 6.33 Å². The second-order valence-corrected chi connectivity index (χ2v) is 5.12. The first-order chi connectivity index (χ1) is 8.36. The Labute approximate surface area is 102 Å². The monoisotopic (exact) mass is 235 g/mol. The van der Waals surface area contributed by atoms with E-state index in [1.165, 1.54) is 32.5 Å². The lowest BCUT2D eigenvalue weighted by Gasteiger charge is -2.45. The quantitative estimate of drug-likeness (QED) is 0.824. The van der Waals surface area contributed by atoms with E-state index in [1.807, 2.05) is 4.68 Å². The number of hydrogen-bond acceptors (Lipinski definition) is 4. The Balaban J connectivity index is 1.57. The molecule has 2 bridgehead atoms. The third kappa shape index (κ3) is 2.21. The van der Waals surface area contributed by atoms with Crippen LogP contribution in [0.2, 0.25) is 0 Å². The molecular formula is C12H21N5. The van der Waals surface area contributed by atoms with Crippen molar-refractivity contribution in [2.24, 2.45) is 5.92 Å². The van der Waals surface area contributed by atoms with Gasteiger partial charge in [0, 0.05) is 19.1 Å². The van der Waals surface area contributed by atoms with E-state index in [4.69, 9.17) is 0 Å². The van der Waals surface area contributed by atoms with Crippen molar-refractivity contribution < 1.29 is 0 Å². The van der Waals surface area contributed by atoms with E-state index in [9.17, 15) is 0 Å². The summed E-state index contributed by atoms with van der Waals surface area (Å²) >= 11 is 0. The molecule has 5 heteroatoms. The number of rotatable bonds is 4. The minimum atomic E-state index is 0.652. The number of nitrogens with one attached hydrogen (secondary N) is 1. The Bertz CT molecular complexity index is 367. The van der Waals surface area contributed by atoms with Crippen LogP contribution in [-0.2, 0) is 13.1 Å². The summed E-state index contributed by atoms with van der Waals surface area (Å²) < 4.78 is 1.97. The minimum Gasteiger partial charge on any atom is -0.305 e. The number of hydrogen-bond donors (Lipinski definition) is 1. The third-order valence-electron chi connectivity index (χ3n) is 4.17. The van der Waals surface area contributed by atoms with Gasteiger partial charge in [-0.05, 0) is 38.8 Å². The van der Waals surface area contributed by atoms with Crippen LogP contribution >= 0.6 is 0 Å². The van der Waals surface area contributed by atoms with Crippen LogP contribution in [0.3, 0.4) is 0 Å². The first-order valence-corrected chi connectivity index (χ1v) is 6.69. The molecule has 4 heterocycles. The summed E-state index contributed by atoms with van der Waals surface area (Å²) in [6.45, 7) is 7.67. The van der Waals surface area contributed by atoms with Crippen molar-refractivity contribution in [3.63, 3.8) is 0 Å². The van der Waals surface area contributed by atoms with Crippen molar-refractivity contribution >= 4 is 0 Å². The van der Waals surface area contributed by atoms with Crippen LogP contribution in [0.5, 0.6) is 0 Å². The summed E-state index contributed by atoms with van der Waals surface area (Å²) in [5.41, 5.74) is 0. The van der Waals surface area contributed by atoms with Crippen molar-refractivity contribution in [2.75, 3.05) is 19.6 Å². The lowest BCUT2D eigenvalue weighted by Crippen LogP contribution is -2.55. The Hall–Kier alpha value is -0.940. The van der Waals surface area contributed by atoms with E-state index in [-0.39, 0.29) is 0 Å². The number of aryl methyl sites for hydroxylation is 1. The van der Waals surface area contributed by atoms with E-state index < -0.39 is 0 Å². The molecule has 5 nitrogen and oxygen atoms in total. The van der Waals surface area contributed by atoms with Gasteiger partial charge in [-0.2, -0.15) is 5.10 Å². The molecule has 1 N–H and O–H groups in total. The SMILES string of the molecule is CCn1ncnc1CNC1CN2CCC1CC2. The standard InChI is InChI=1S/C12H21N5/c1-2-17-12(14-9-15-17)7-13-11-8-16-5-3-10(11)4-6-16/h9-11,13H,2-8H2,1H3. The molecule has 4 rings (SSSR count). The predicted molar refractivity (Wildman–Crippen MR) is 65.5 cm³/mol. The molecule has 3 fully saturated rings. The van der Waals surface area contributed by atoms with Gasteiger partial charge in [0.1, 0.15) is 12.2 Å². The number of fused-ring (bicyclic) bond motifs is 3. The summed E-state index contributed by atoms with van der Waals surface area (Å²) in [6.07, 6.45) is 4.37. The van der Waals surface area contributed by atoms with Gasteiger partial charge in [0.2, 0.25) is 0 Å². The van der Waals surface area contributed by atoms with Gasteiger partial charge in [-0.25, -0.2) is 9.67 Å². The fourth-order valence-corrected chi connectivity index (χ4v) is 3.11. The lowest BCUT2D eigenvalue weighted by atomic mass is 9.84. The van der Waals surface area contributed by atoms with Gasteiger partial charge in [0.25, 0.3) is 0 Å². The molecule has 3 aliphatic heterocycles. The van der Waals surface area contributed by atoms with Crippen LogP contribution < -0.4 is 5.32 Å². The normalized spacial score (nSPS) is 31.9. The molecule has 1 unspecified atom stereocenters. The van der Waals surface area contributed by atoms with Gasteiger partial charge in [0.05, 0.1) is 6.54 Å². The van der Waals surface area contributed by atoms with Crippen LogP contribution in [0.1, 0.15) is 25.6 Å². The maximum Gasteiger partial charge on any atom is 0.140 e. The van der Waals surface area contributed by atoms with Crippen molar-refractivity contribution in [1.29, 1.82) is 0 Å². The maximum absolute atomic E-state index is 4.31. The predicted octanol–water partition coefficient (Wildman–Crippen LogP) is 0.482. The van der Waals surface area contributed by atoms with Gasteiger partial charge < -0.3 is 10.2 Å². The number of piperidine rings is 3. The van der Waals surface area contributed by atoms with Gasteiger partial charge >= 0.3 is 0 Å². The van der Waals surface area contributed by atoms with E-state index in [0.29, 0.717) is 6.04 Å². The molecule has 1 aromatic heterocycles. The largest absolute Gasteiger partial charge is 0.305 e. The van der Waals surface area contributed by atoms with Crippen molar-refractivity contribution in [1.82, 2.24) is 25.0 Å². The summed E-state index contributed by atoms with van der Waals surface area (Å²) in [6, 6.07) is 0.652. The lowest BCUT2D eigenvalue weighted by molar-refractivity contribution is 0.0715. The Morgan fingerprint density at radius 2 is 2.24 bits per heavy atom. The molecule has 1 aromatic rings. The van der Waals surface area contributed by atoms with E-state index in [1.54, 1.807) is 6.33 Å². The number of aromatic nitrogens is 3. The second kappa shape index (κ2) is 4.74. The van der Waals surface area contributed by atoms with Crippen LogP contribution in [0, 0.1) is 5.92 Å². The molecule has 1 atom stereocenters. The van der Waals surface area contributed by atoms with Crippen molar-refractivity contribution in [3.05, 3.63) is 12.2 Å². The Kier molecular flexibility index (Phi) is 3.11. The summed E-state index contributed by atoms with van der Waals surface area (Å²) in [4.78, 5) is 6.88. The van der Waals surface area contributed by atoms with Crippen molar-refractivity contribution in [3.8, 4) is 0 Å². The van der Waals surface area contributed by atoms with Crippen molar-refractivity contribution in [2.45, 2.75) is 38.9 Å². The maximum atomic E-state index is 4.31. The smallest absolute Gasteiger partial charge is 0.140 e. The molecule has 94 valence electrons. The highest BCUT2D eigenvalue weighted by molar-refractivity contribution is 4.93. The average molecular weight is 235 g/mol. The third-order valence-corrected chi connectivity index (χ3v) is 4.17. The molecular weight excluding hydrogens is 214 g/mol. The zero-order valence-electron chi connectivity index (χ0n) is 10.5. The number of nitrogens with zero attached hydrogens (tertiary/aromatic N) is 4. The fraction of sp³-hybridized carbons (Fsp3) is 0.833. The van der Waals surface area contributed by atoms with Crippen LogP contribution in [0.25, 0.3) is 0 Å². The second-order valence-electron chi connectivity index (χ2n) is 5.12. The average Bonchev–Trinajstić information content (AvgIpc) is 2.85. The molecule has 3 aliphatic rings. The van der Waals surface area contributed by atoms with Crippen LogP contribution in [-0.4, -0.2) is 45.3 Å². The summed E-state index contributed by atoms with van der Waals surface area (Å²) in [5, 5.41) is 7.87. The van der Waals surface area contributed by atoms with E-state index >= 15 is 0 Å². The molecule has 0 aromatic carbocycles. The molecule has 0 amide bonds. The minimum absolute atomic E-state index is 0.652. The Morgan fingerprint density at radius 3 is 2.88 bits per heavy atom.